The van der Waals surface area contributed by atoms with Crippen molar-refractivity contribution in [3.05, 3.63) is 51.2 Å². The third kappa shape index (κ3) is 2.03. The third-order valence-corrected chi connectivity index (χ3v) is 4.79. The second kappa shape index (κ2) is 5.06. The molecule has 22 heavy (non-hydrogen) atoms. The highest BCUT2D eigenvalue weighted by Crippen LogP contribution is 2.41. The van der Waals surface area contributed by atoms with E-state index in [1.165, 1.54) is 11.3 Å². The van der Waals surface area contributed by atoms with Crippen molar-refractivity contribution in [2.24, 2.45) is 5.73 Å². The molecular formula is C16H14N2O3S. The molecule has 0 spiro atoms. The van der Waals surface area contributed by atoms with E-state index in [0.717, 1.165) is 16.0 Å². The summed E-state index contributed by atoms with van der Waals surface area (Å²) in [6.45, 7) is 3.79. The van der Waals surface area contributed by atoms with Crippen molar-refractivity contribution in [1.82, 2.24) is 0 Å². The molecule has 1 aromatic carbocycles. The summed E-state index contributed by atoms with van der Waals surface area (Å²) in [5, 5.41) is 1.78. The molecule has 112 valence electrons. The average Bonchev–Trinajstić information content (AvgIpc) is 3.05. The highest BCUT2D eigenvalue weighted by Gasteiger charge is 2.44. The number of ketones is 1. The Morgan fingerprint density at radius 3 is 2.50 bits per heavy atom. The number of anilines is 1. The van der Waals surface area contributed by atoms with E-state index in [1.807, 2.05) is 13.8 Å². The van der Waals surface area contributed by atoms with Crippen molar-refractivity contribution < 1.29 is 14.4 Å². The Balaban J connectivity index is 2.18. The van der Waals surface area contributed by atoms with E-state index < -0.39 is 17.9 Å². The number of hydrogen-bond donors (Lipinski definition) is 1. The molecule has 0 saturated heterocycles. The zero-order valence-corrected chi connectivity index (χ0v) is 12.9. The van der Waals surface area contributed by atoms with E-state index in [9.17, 15) is 14.4 Å². The number of fused-ring (bicyclic) bond motifs is 1. The zero-order valence-electron chi connectivity index (χ0n) is 12.1. The Bertz CT molecular complexity index is 796. The second-order valence-electron chi connectivity index (χ2n) is 5.28. The predicted molar refractivity (Wildman–Crippen MR) is 84.4 cm³/mol. The highest BCUT2D eigenvalue weighted by atomic mass is 32.1. The van der Waals surface area contributed by atoms with Crippen LogP contribution in [0.5, 0.6) is 0 Å². The molecular weight excluding hydrogens is 300 g/mol. The topological polar surface area (TPSA) is 80.5 Å². The lowest BCUT2D eigenvalue weighted by molar-refractivity contribution is -0.117. The number of rotatable bonds is 2. The first-order valence-corrected chi connectivity index (χ1v) is 7.62. The molecule has 1 aliphatic heterocycles. The van der Waals surface area contributed by atoms with Gasteiger partial charge in [-0.1, -0.05) is 12.1 Å². The number of primary amides is 1. The van der Waals surface area contributed by atoms with Gasteiger partial charge in [0.25, 0.3) is 5.91 Å². The van der Waals surface area contributed by atoms with Crippen LogP contribution in [0.1, 0.15) is 32.3 Å². The van der Waals surface area contributed by atoms with Gasteiger partial charge in [-0.2, -0.15) is 0 Å². The number of nitrogens with zero attached hydrogens (tertiary/aromatic N) is 1. The van der Waals surface area contributed by atoms with E-state index in [-0.39, 0.29) is 5.78 Å². The van der Waals surface area contributed by atoms with Crippen molar-refractivity contribution in [2.75, 3.05) is 4.90 Å². The van der Waals surface area contributed by atoms with Crippen LogP contribution in [0.15, 0.2) is 29.6 Å². The number of benzene rings is 1. The van der Waals surface area contributed by atoms with Crippen molar-refractivity contribution in [3.8, 4) is 0 Å². The normalized spacial score (nSPS) is 16.7. The van der Waals surface area contributed by atoms with Gasteiger partial charge in [0.05, 0.1) is 10.6 Å². The van der Waals surface area contributed by atoms with Crippen LogP contribution in [0.25, 0.3) is 0 Å². The van der Waals surface area contributed by atoms with Crippen LogP contribution in [-0.2, 0) is 4.79 Å². The summed E-state index contributed by atoms with van der Waals surface area (Å²) >= 11 is 1.28. The molecule has 1 aromatic heterocycles. The molecule has 0 saturated carbocycles. The van der Waals surface area contributed by atoms with Gasteiger partial charge in [0, 0.05) is 0 Å². The summed E-state index contributed by atoms with van der Waals surface area (Å²) in [7, 11) is 0. The number of carbonyl (C=O) groups excluding carboxylic acids is 3. The van der Waals surface area contributed by atoms with Gasteiger partial charge in [-0.25, -0.2) is 9.69 Å². The smallest absolute Gasteiger partial charge is 0.326 e. The highest BCUT2D eigenvalue weighted by molar-refractivity contribution is 7.12. The quantitative estimate of drug-likeness (QED) is 0.683. The monoisotopic (exact) mass is 314 g/mol. The first-order chi connectivity index (χ1) is 10.4. The largest absolute Gasteiger partial charge is 0.351 e. The SMILES string of the molecule is Cc1cc2c(cc1C)N(C(N)=O)C(=O)C2C(=O)c1cccs1. The van der Waals surface area contributed by atoms with Crippen molar-refractivity contribution in [3.63, 3.8) is 0 Å². The molecule has 5 nitrogen and oxygen atoms in total. The lowest BCUT2D eigenvalue weighted by Gasteiger charge is -2.13. The van der Waals surface area contributed by atoms with Crippen LogP contribution in [-0.4, -0.2) is 17.7 Å². The zero-order chi connectivity index (χ0) is 16.0. The van der Waals surface area contributed by atoms with Gasteiger partial charge >= 0.3 is 6.03 Å². The van der Waals surface area contributed by atoms with E-state index >= 15 is 0 Å². The maximum Gasteiger partial charge on any atom is 0.326 e. The van der Waals surface area contributed by atoms with Crippen LogP contribution in [0.2, 0.25) is 0 Å². The number of amides is 3. The number of nitrogens with two attached hydrogens (primary N) is 1. The molecule has 0 radical (unpaired) electrons. The number of aryl methyl sites for hydroxylation is 2. The second-order valence-corrected chi connectivity index (χ2v) is 6.23. The summed E-state index contributed by atoms with van der Waals surface area (Å²) in [5.41, 5.74) is 8.18. The molecule has 3 amide bonds. The summed E-state index contributed by atoms with van der Waals surface area (Å²) < 4.78 is 0. The number of thiophene rings is 1. The van der Waals surface area contributed by atoms with Crippen LogP contribution in [0, 0.1) is 13.8 Å². The molecule has 3 rings (SSSR count). The Morgan fingerprint density at radius 1 is 1.23 bits per heavy atom. The molecule has 1 unspecified atom stereocenters. The fraction of sp³-hybridized carbons (Fsp3) is 0.188. The van der Waals surface area contributed by atoms with Gasteiger partial charge in [-0.3, -0.25) is 9.59 Å². The lowest BCUT2D eigenvalue weighted by atomic mass is 9.93. The standard InChI is InChI=1S/C16H14N2O3S/c1-8-6-10-11(7-9(8)2)18(16(17)21)15(20)13(10)14(19)12-4-3-5-22-12/h3-7,13H,1-2H3,(H2,17,21). The molecule has 0 fully saturated rings. The fourth-order valence-electron chi connectivity index (χ4n) is 2.67. The van der Waals surface area contributed by atoms with Gasteiger partial charge < -0.3 is 5.73 Å². The predicted octanol–water partition coefficient (Wildman–Crippen LogP) is 2.76. The van der Waals surface area contributed by atoms with E-state index in [0.29, 0.717) is 16.1 Å². The van der Waals surface area contributed by atoms with E-state index in [1.54, 1.807) is 29.6 Å². The third-order valence-electron chi connectivity index (χ3n) is 3.91. The maximum absolute atomic E-state index is 12.7. The summed E-state index contributed by atoms with van der Waals surface area (Å²) in [6, 6.07) is 6.09. The van der Waals surface area contributed by atoms with Gasteiger partial charge in [-0.15, -0.1) is 11.3 Å². The van der Waals surface area contributed by atoms with Gasteiger partial charge in [-0.05, 0) is 48.1 Å². The van der Waals surface area contributed by atoms with Crippen LogP contribution < -0.4 is 10.6 Å². The number of Topliss-reactive ketones (excluding diaryl/α,β-unsaturated/α-hetero) is 1. The van der Waals surface area contributed by atoms with Gasteiger partial charge in [0.1, 0.15) is 5.92 Å². The number of carbonyl (C=O) groups is 3. The molecule has 2 heterocycles. The Morgan fingerprint density at radius 2 is 1.91 bits per heavy atom. The summed E-state index contributed by atoms with van der Waals surface area (Å²) in [6.07, 6.45) is 0. The fourth-order valence-corrected chi connectivity index (χ4v) is 3.37. The van der Waals surface area contributed by atoms with E-state index in [2.05, 4.69) is 0 Å². The van der Waals surface area contributed by atoms with Crippen molar-refractivity contribution in [1.29, 1.82) is 0 Å². The summed E-state index contributed by atoms with van der Waals surface area (Å²) in [5.74, 6) is -1.88. The Labute approximate surface area is 131 Å². The van der Waals surface area contributed by atoms with E-state index in [4.69, 9.17) is 5.73 Å². The van der Waals surface area contributed by atoms with Crippen LogP contribution in [0.4, 0.5) is 10.5 Å². The minimum Gasteiger partial charge on any atom is -0.351 e. The Hall–Kier alpha value is -2.47. The molecule has 2 aromatic rings. The first-order valence-electron chi connectivity index (χ1n) is 6.74. The minimum absolute atomic E-state index is 0.298. The van der Waals surface area contributed by atoms with Crippen LogP contribution in [0.3, 0.4) is 0 Å². The number of urea groups is 1. The van der Waals surface area contributed by atoms with Gasteiger partial charge in [0.2, 0.25) is 0 Å². The van der Waals surface area contributed by atoms with Gasteiger partial charge in [0.15, 0.2) is 5.78 Å². The molecule has 0 aliphatic carbocycles. The molecule has 0 bridgehead atoms. The van der Waals surface area contributed by atoms with Crippen molar-refractivity contribution in [2.45, 2.75) is 19.8 Å². The average molecular weight is 314 g/mol. The Kier molecular flexibility index (Phi) is 3.33. The lowest BCUT2D eigenvalue weighted by Crippen LogP contribution is -2.40. The number of hydrogen-bond acceptors (Lipinski definition) is 4. The minimum atomic E-state index is -1.000. The first kappa shape index (κ1) is 14.5. The molecule has 1 atom stereocenters. The summed E-state index contributed by atoms with van der Waals surface area (Å²) in [4.78, 5) is 38.3. The number of imide groups is 1. The maximum atomic E-state index is 12.7. The molecule has 6 heteroatoms. The van der Waals surface area contributed by atoms with Crippen LogP contribution >= 0.6 is 11.3 Å². The molecule has 2 N–H and O–H groups in total. The molecule has 1 aliphatic rings. The van der Waals surface area contributed by atoms with Crippen molar-refractivity contribution >= 4 is 34.7 Å².